The van der Waals surface area contributed by atoms with Gasteiger partial charge in [0.05, 0.1) is 18.9 Å². The van der Waals surface area contributed by atoms with E-state index in [1.807, 2.05) is 17.0 Å². The first kappa shape index (κ1) is 18.4. The highest BCUT2D eigenvalue weighted by Crippen LogP contribution is 2.26. The van der Waals surface area contributed by atoms with Gasteiger partial charge in [-0.05, 0) is 54.6 Å². The van der Waals surface area contributed by atoms with Crippen LogP contribution >= 0.6 is 11.6 Å². The van der Waals surface area contributed by atoms with Crippen LogP contribution in [-0.2, 0) is 0 Å². The Hall–Kier alpha value is -2.92. The zero-order valence-electron chi connectivity index (χ0n) is 15.6. The van der Waals surface area contributed by atoms with Crippen LogP contribution in [0.4, 0.5) is 5.69 Å². The Bertz CT molecular complexity index is 946. The number of amides is 1. The lowest BCUT2D eigenvalue weighted by Crippen LogP contribution is -2.48. The van der Waals surface area contributed by atoms with Crippen LogP contribution in [0.1, 0.15) is 10.4 Å². The number of furan rings is 1. The summed E-state index contributed by atoms with van der Waals surface area (Å²) in [5.74, 6) is 1.36. The Morgan fingerprint density at radius 2 is 1.79 bits per heavy atom. The van der Waals surface area contributed by atoms with Gasteiger partial charge in [0.1, 0.15) is 11.5 Å². The van der Waals surface area contributed by atoms with Crippen molar-refractivity contribution in [3.63, 3.8) is 0 Å². The number of carbonyl (C=O) groups excluding carboxylic acids is 1. The van der Waals surface area contributed by atoms with Gasteiger partial charge in [0.25, 0.3) is 5.91 Å². The maximum atomic E-state index is 12.9. The second-order valence-corrected chi connectivity index (χ2v) is 7.08. The molecule has 28 heavy (non-hydrogen) atoms. The van der Waals surface area contributed by atoms with Crippen molar-refractivity contribution in [2.75, 3.05) is 38.2 Å². The highest BCUT2D eigenvalue weighted by Gasteiger charge is 2.24. The largest absolute Gasteiger partial charge is 0.496 e. The van der Waals surface area contributed by atoms with E-state index >= 15 is 0 Å². The van der Waals surface area contributed by atoms with Crippen molar-refractivity contribution in [2.45, 2.75) is 0 Å². The molecule has 6 heteroatoms. The van der Waals surface area contributed by atoms with Crippen LogP contribution in [0.2, 0.25) is 5.02 Å². The molecule has 0 saturated carbocycles. The molecular weight excluding hydrogens is 376 g/mol. The number of methoxy groups -OCH3 is 1. The van der Waals surface area contributed by atoms with Crippen molar-refractivity contribution in [1.82, 2.24) is 4.90 Å². The highest BCUT2D eigenvalue weighted by molar-refractivity contribution is 6.31. The van der Waals surface area contributed by atoms with Crippen molar-refractivity contribution in [2.24, 2.45) is 0 Å². The number of hydrogen-bond donors (Lipinski definition) is 0. The minimum atomic E-state index is -0.0489. The number of carbonyl (C=O) groups is 1. The number of ether oxygens (including phenoxy) is 1. The summed E-state index contributed by atoms with van der Waals surface area (Å²) in [6, 6.07) is 17.3. The smallest absolute Gasteiger partial charge is 0.257 e. The molecular formula is C22H21ClN2O3. The molecule has 1 aliphatic rings. The van der Waals surface area contributed by atoms with E-state index in [0.29, 0.717) is 29.4 Å². The standard InChI is InChI=1S/C22H21ClN2O3/c1-27-21-9-6-17(23)15-19(21)22(26)25-12-10-24(11-13-25)18-7-4-16(5-8-18)20-3-2-14-28-20/h2-9,14-15H,10-13H2,1H3. The van der Waals surface area contributed by atoms with E-state index in [1.165, 1.54) is 0 Å². The van der Waals surface area contributed by atoms with Crippen LogP contribution in [0.15, 0.2) is 65.3 Å². The first-order chi connectivity index (χ1) is 13.7. The van der Waals surface area contributed by atoms with Crippen LogP contribution < -0.4 is 9.64 Å². The quantitative estimate of drug-likeness (QED) is 0.648. The van der Waals surface area contributed by atoms with E-state index in [-0.39, 0.29) is 5.91 Å². The summed E-state index contributed by atoms with van der Waals surface area (Å²) in [5.41, 5.74) is 2.70. The lowest BCUT2D eigenvalue weighted by molar-refractivity contribution is 0.0743. The maximum absolute atomic E-state index is 12.9. The molecule has 0 atom stereocenters. The van der Waals surface area contributed by atoms with Crippen molar-refractivity contribution >= 4 is 23.2 Å². The molecule has 144 valence electrons. The summed E-state index contributed by atoms with van der Waals surface area (Å²) in [6.07, 6.45) is 1.67. The van der Waals surface area contributed by atoms with E-state index in [1.54, 1.807) is 31.6 Å². The van der Waals surface area contributed by atoms with Gasteiger partial charge in [-0.3, -0.25) is 4.79 Å². The van der Waals surface area contributed by atoms with Crippen molar-refractivity contribution in [1.29, 1.82) is 0 Å². The topological polar surface area (TPSA) is 45.9 Å². The van der Waals surface area contributed by atoms with Crippen LogP contribution in [0, 0.1) is 0 Å². The predicted octanol–water partition coefficient (Wildman–Crippen LogP) is 4.57. The molecule has 1 amide bonds. The third-order valence-corrected chi connectivity index (χ3v) is 5.23. The number of rotatable bonds is 4. The van der Waals surface area contributed by atoms with Gasteiger partial charge in [-0.2, -0.15) is 0 Å². The van der Waals surface area contributed by atoms with Crippen molar-refractivity contribution < 1.29 is 13.9 Å². The van der Waals surface area contributed by atoms with E-state index in [0.717, 1.165) is 30.1 Å². The van der Waals surface area contributed by atoms with Gasteiger partial charge in [-0.1, -0.05) is 11.6 Å². The van der Waals surface area contributed by atoms with Crippen molar-refractivity contribution in [3.05, 3.63) is 71.4 Å². The number of piperazine rings is 1. The summed E-state index contributed by atoms with van der Waals surface area (Å²) >= 11 is 6.07. The molecule has 0 spiro atoms. The zero-order chi connectivity index (χ0) is 19.5. The Morgan fingerprint density at radius 1 is 1.04 bits per heavy atom. The molecule has 3 aromatic rings. The zero-order valence-corrected chi connectivity index (χ0v) is 16.4. The van der Waals surface area contributed by atoms with E-state index in [2.05, 4.69) is 29.2 Å². The maximum Gasteiger partial charge on any atom is 0.257 e. The molecule has 4 rings (SSSR count). The lowest BCUT2D eigenvalue weighted by Gasteiger charge is -2.36. The number of benzene rings is 2. The summed E-state index contributed by atoms with van der Waals surface area (Å²) in [5, 5.41) is 0.527. The molecule has 0 N–H and O–H groups in total. The minimum absolute atomic E-state index is 0.0489. The first-order valence-electron chi connectivity index (χ1n) is 9.17. The van der Waals surface area contributed by atoms with Crippen LogP contribution in [0.5, 0.6) is 5.75 Å². The molecule has 1 saturated heterocycles. The summed E-state index contributed by atoms with van der Waals surface area (Å²) < 4.78 is 10.8. The fourth-order valence-corrected chi connectivity index (χ4v) is 3.64. The number of hydrogen-bond acceptors (Lipinski definition) is 4. The molecule has 1 aromatic heterocycles. The number of halogens is 1. The Labute approximate surface area is 169 Å². The molecule has 2 heterocycles. The lowest BCUT2D eigenvalue weighted by atomic mass is 10.1. The van der Waals surface area contributed by atoms with Gasteiger partial charge in [0.2, 0.25) is 0 Å². The molecule has 2 aromatic carbocycles. The highest BCUT2D eigenvalue weighted by atomic mass is 35.5. The van der Waals surface area contributed by atoms with Crippen LogP contribution in [0.3, 0.4) is 0 Å². The Kier molecular flexibility index (Phi) is 5.26. The van der Waals surface area contributed by atoms with E-state index in [9.17, 15) is 4.79 Å². The molecule has 0 aliphatic carbocycles. The number of nitrogens with zero attached hydrogens (tertiary/aromatic N) is 2. The molecule has 5 nitrogen and oxygen atoms in total. The van der Waals surface area contributed by atoms with Gasteiger partial charge in [0, 0.05) is 42.5 Å². The Morgan fingerprint density at radius 3 is 2.43 bits per heavy atom. The monoisotopic (exact) mass is 396 g/mol. The van der Waals surface area contributed by atoms with E-state index < -0.39 is 0 Å². The fraction of sp³-hybridized carbons (Fsp3) is 0.227. The summed E-state index contributed by atoms with van der Waals surface area (Å²) in [4.78, 5) is 17.0. The van der Waals surface area contributed by atoms with Gasteiger partial charge in [-0.25, -0.2) is 0 Å². The third kappa shape index (κ3) is 3.71. The van der Waals surface area contributed by atoms with Gasteiger partial charge in [-0.15, -0.1) is 0 Å². The number of anilines is 1. The first-order valence-corrected chi connectivity index (χ1v) is 9.55. The summed E-state index contributed by atoms with van der Waals surface area (Å²) in [7, 11) is 1.56. The molecule has 1 fully saturated rings. The molecule has 1 aliphatic heterocycles. The third-order valence-electron chi connectivity index (χ3n) is 5.00. The molecule has 0 radical (unpaired) electrons. The minimum Gasteiger partial charge on any atom is -0.496 e. The molecule has 0 unspecified atom stereocenters. The van der Waals surface area contributed by atoms with Crippen LogP contribution in [-0.4, -0.2) is 44.1 Å². The van der Waals surface area contributed by atoms with Gasteiger partial charge in [0.15, 0.2) is 0 Å². The van der Waals surface area contributed by atoms with Crippen LogP contribution in [0.25, 0.3) is 11.3 Å². The van der Waals surface area contributed by atoms with Gasteiger partial charge >= 0.3 is 0 Å². The normalized spacial score (nSPS) is 14.2. The average molecular weight is 397 g/mol. The second kappa shape index (κ2) is 7.98. The molecule has 0 bridgehead atoms. The van der Waals surface area contributed by atoms with Gasteiger partial charge < -0.3 is 19.0 Å². The SMILES string of the molecule is COc1ccc(Cl)cc1C(=O)N1CCN(c2ccc(-c3ccco3)cc2)CC1. The van der Waals surface area contributed by atoms with Crippen molar-refractivity contribution in [3.8, 4) is 17.1 Å². The second-order valence-electron chi connectivity index (χ2n) is 6.65. The fourth-order valence-electron chi connectivity index (χ4n) is 3.46. The Balaban J connectivity index is 1.42. The predicted molar refractivity (Wildman–Crippen MR) is 110 cm³/mol. The average Bonchev–Trinajstić information content (AvgIpc) is 3.28. The summed E-state index contributed by atoms with van der Waals surface area (Å²) in [6.45, 7) is 2.84. The van der Waals surface area contributed by atoms with E-state index in [4.69, 9.17) is 20.8 Å².